The molecule has 1 saturated heterocycles. The van der Waals surface area contributed by atoms with Crippen molar-refractivity contribution < 1.29 is 4.79 Å². The Hall–Kier alpha value is 0.240. The van der Waals surface area contributed by atoms with E-state index in [2.05, 4.69) is 21.2 Å². The molecule has 0 aromatic rings. The fourth-order valence-electron chi connectivity index (χ4n) is 0.325. The maximum absolute atomic E-state index is 10.2. The van der Waals surface area contributed by atoms with E-state index in [1.165, 1.54) is 0 Å². The highest BCUT2D eigenvalue weighted by Crippen LogP contribution is 2.17. The highest BCUT2D eigenvalue weighted by molar-refractivity contribution is 9.10. The number of nitrogens with one attached hydrogen (secondary N) is 1. The third-order valence-corrected chi connectivity index (χ3v) is 2.40. The first-order valence-corrected chi connectivity index (χ1v) is 3.15. The average molecular weight is 184 g/mol. The maximum Gasteiger partial charge on any atom is 0.238 e. The van der Waals surface area contributed by atoms with Gasteiger partial charge in [0.1, 0.15) is 10.3 Å². The molecule has 40 valence electrons. The SMILES string of the molecule is O=C1N[C@H](Cl)[C@H]1Br. The van der Waals surface area contributed by atoms with Crippen molar-refractivity contribution >= 4 is 33.4 Å². The molecule has 1 aliphatic rings. The van der Waals surface area contributed by atoms with Crippen LogP contribution in [-0.2, 0) is 4.79 Å². The number of rotatable bonds is 0. The summed E-state index contributed by atoms with van der Waals surface area (Å²) in [5, 5.41) is 2.43. The number of hydrogen-bond donors (Lipinski definition) is 1. The van der Waals surface area contributed by atoms with Gasteiger partial charge in [-0.2, -0.15) is 0 Å². The summed E-state index contributed by atoms with van der Waals surface area (Å²) in [6.07, 6.45) is 0. The van der Waals surface area contributed by atoms with Gasteiger partial charge < -0.3 is 5.32 Å². The molecule has 1 rings (SSSR count). The Bertz CT molecular complexity index is 107. The Morgan fingerprint density at radius 3 is 2.43 bits per heavy atom. The van der Waals surface area contributed by atoms with Crippen LogP contribution in [0.25, 0.3) is 0 Å². The third kappa shape index (κ3) is 0.749. The lowest BCUT2D eigenvalue weighted by atomic mass is 10.3. The fourth-order valence-corrected chi connectivity index (χ4v) is 0.812. The monoisotopic (exact) mass is 183 g/mol. The van der Waals surface area contributed by atoms with Crippen molar-refractivity contribution in [3.8, 4) is 0 Å². The van der Waals surface area contributed by atoms with Crippen LogP contribution in [0.4, 0.5) is 0 Å². The van der Waals surface area contributed by atoms with Crippen molar-refractivity contribution in [3.05, 3.63) is 0 Å². The van der Waals surface area contributed by atoms with Gasteiger partial charge >= 0.3 is 0 Å². The van der Waals surface area contributed by atoms with E-state index in [0.29, 0.717) is 0 Å². The first-order chi connectivity index (χ1) is 3.22. The molecule has 1 amide bonds. The standard InChI is InChI=1S/C3H3BrClNO/c4-1-2(5)6-3(1)7/h1-2H,(H,6,7)/t1-,2+/m1/s1. The van der Waals surface area contributed by atoms with Crippen molar-refractivity contribution in [1.29, 1.82) is 0 Å². The lowest BCUT2D eigenvalue weighted by Gasteiger charge is -2.26. The van der Waals surface area contributed by atoms with E-state index in [4.69, 9.17) is 11.6 Å². The van der Waals surface area contributed by atoms with Gasteiger partial charge in [0.05, 0.1) is 0 Å². The van der Waals surface area contributed by atoms with Crippen molar-refractivity contribution in [1.82, 2.24) is 5.32 Å². The van der Waals surface area contributed by atoms with Gasteiger partial charge in [0, 0.05) is 0 Å². The molecule has 0 radical (unpaired) electrons. The number of amides is 1. The summed E-state index contributed by atoms with van der Waals surface area (Å²) in [5.41, 5.74) is -0.201. The number of hydrogen-bond acceptors (Lipinski definition) is 1. The van der Waals surface area contributed by atoms with Gasteiger partial charge in [-0.3, -0.25) is 4.79 Å². The molecule has 7 heavy (non-hydrogen) atoms. The van der Waals surface area contributed by atoms with Crippen LogP contribution >= 0.6 is 27.5 Å². The van der Waals surface area contributed by atoms with Crippen LogP contribution in [0.15, 0.2) is 0 Å². The average Bonchev–Trinajstić information content (AvgIpc) is 1.68. The van der Waals surface area contributed by atoms with Crippen LogP contribution in [0.5, 0.6) is 0 Å². The molecule has 4 heteroatoms. The van der Waals surface area contributed by atoms with Crippen LogP contribution in [-0.4, -0.2) is 16.2 Å². The van der Waals surface area contributed by atoms with Crippen LogP contribution in [0.1, 0.15) is 0 Å². The quantitative estimate of drug-likeness (QED) is 0.330. The van der Waals surface area contributed by atoms with Crippen molar-refractivity contribution in [2.24, 2.45) is 0 Å². The molecule has 0 bridgehead atoms. The molecule has 2 atom stereocenters. The van der Waals surface area contributed by atoms with Gasteiger partial charge in [0.2, 0.25) is 5.91 Å². The van der Waals surface area contributed by atoms with Crippen molar-refractivity contribution in [2.45, 2.75) is 10.3 Å². The number of halogens is 2. The first-order valence-electron chi connectivity index (χ1n) is 1.80. The minimum Gasteiger partial charge on any atom is -0.337 e. The maximum atomic E-state index is 10.2. The van der Waals surface area contributed by atoms with Crippen molar-refractivity contribution in [3.63, 3.8) is 0 Å². The molecular weight excluding hydrogens is 181 g/mol. The Labute approximate surface area is 54.3 Å². The molecule has 1 fully saturated rings. The van der Waals surface area contributed by atoms with E-state index >= 15 is 0 Å². The largest absolute Gasteiger partial charge is 0.337 e. The Morgan fingerprint density at radius 2 is 2.43 bits per heavy atom. The third-order valence-electron chi connectivity index (χ3n) is 0.788. The van der Waals surface area contributed by atoms with E-state index in [1.54, 1.807) is 0 Å². The summed E-state index contributed by atoms with van der Waals surface area (Å²) in [6, 6.07) is 0. The molecule has 0 spiro atoms. The number of β-lactam (4-membered cyclic amide) rings is 1. The van der Waals surface area contributed by atoms with Crippen LogP contribution in [0, 0.1) is 0 Å². The normalized spacial score (nSPS) is 39.4. The molecule has 0 aromatic heterocycles. The summed E-state index contributed by atoms with van der Waals surface area (Å²) in [5.74, 6) is -0.0278. The summed E-state index contributed by atoms with van der Waals surface area (Å²) in [6.45, 7) is 0. The van der Waals surface area contributed by atoms with Crippen LogP contribution in [0.2, 0.25) is 0 Å². The Morgan fingerprint density at radius 1 is 1.86 bits per heavy atom. The summed E-state index contributed by atoms with van der Waals surface area (Å²) in [7, 11) is 0. The zero-order valence-corrected chi connectivity index (χ0v) is 5.66. The highest BCUT2D eigenvalue weighted by Gasteiger charge is 2.34. The topological polar surface area (TPSA) is 29.1 Å². The lowest BCUT2D eigenvalue weighted by molar-refractivity contribution is -0.125. The minimum atomic E-state index is -0.201. The molecule has 0 aliphatic carbocycles. The minimum absolute atomic E-state index is 0.0278. The van der Waals surface area contributed by atoms with Gasteiger partial charge in [-0.15, -0.1) is 0 Å². The molecule has 0 saturated carbocycles. The number of carbonyl (C=O) groups excluding carboxylic acids is 1. The van der Waals surface area contributed by atoms with Gasteiger partial charge in [-0.05, 0) is 0 Å². The molecule has 0 aromatic carbocycles. The molecular formula is C3H3BrClNO. The first kappa shape index (κ1) is 5.38. The zero-order chi connectivity index (χ0) is 5.44. The predicted octanol–water partition coefficient (Wildman–Crippen LogP) is 0.445. The zero-order valence-electron chi connectivity index (χ0n) is 3.32. The van der Waals surface area contributed by atoms with E-state index in [-0.39, 0.29) is 16.2 Å². The summed E-state index contributed by atoms with van der Waals surface area (Å²) < 4.78 is 0. The smallest absolute Gasteiger partial charge is 0.238 e. The van der Waals surface area contributed by atoms with E-state index in [1.807, 2.05) is 0 Å². The molecule has 2 nitrogen and oxygen atoms in total. The second kappa shape index (κ2) is 1.63. The summed E-state index contributed by atoms with van der Waals surface area (Å²) in [4.78, 5) is 10.0. The second-order valence-corrected chi connectivity index (χ2v) is 2.77. The Balaban J connectivity index is 2.43. The number of carbonyl (C=O) groups is 1. The second-order valence-electron chi connectivity index (χ2n) is 1.31. The predicted molar refractivity (Wildman–Crippen MR) is 30.5 cm³/mol. The van der Waals surface area contributed by atoms with Crippen molar-refractivity contribution in [2.75, 3.05) is 0 Å². The molecule has 1 heterocycles. The Kier molecular flexibility index (Phi) is 1.26. The lowest BCUT2D eigenvalue weighted by Crippen LogP contribution is -2.55. The van der Waals surface area contributed by atoms with Gasteiger partial charge in [0.25, 0.3) is 0 Å². The fraction of sp³-hybridized carbons (Fsp3) is 0.667. The van der Waals surface area contributed by atoms with E-state index in [9.17, 15) is 4.79 Å². The van der Waals surface area contributed by atoms with Gasteiger partial charge in [-0.1, -0.05) is 27.5 Å². The van der Waals surface area contributed by atoms with Gasteiger partial charge in [-0.25, -0.2) is 0 Å². The van der Waals surface area contributed by atoms with Crippen LogP contribution < -0.4 is 5.32 Å². The van der Waals surface area contributed by atoms with E-state index < -0.39 is 0 Å². The summed E-state index contributed by atoms with van der Waals surface area (Å²) >= 11 is 8.46. The molecule has 1 N–H and O–H groups in total. The number of alkyl halides is 2. The van der Waals surface area contributed by atoms with Gasteiger partial charge in [0.15, 0.2) is 0 Å². The highest BCUT2D eigenvalue weighted by atomic mass is 79.9. The van der Waals surface area contributed by atoms with E-state index in [0.717, 1.165) is 0 Å². The molecule has 0 unspecified atom stereocenters. The molecule has 1 aliphatic heterocycles. The van der Waals surface area contributed by atoms with Crippen LogP contribution in [0.3, 0.4) is 0 Å².